The molecule has 0 bridgehead atoms. The molecule has 1 amide bonds. The van der Waals surface area contributed by atoms with Crippen LogP contribution in [0.4, 0.5) is 5.69 Å². The molecule has 5 rings (SSSR count). The van der Waals surface area contributed by atoms with E-state index in [-0.39, 0.29) is 5.91 Å². The Kier molecular flexibility index (Phi) is 4.77. The zero-order chi connectivity index (χ0) is 18.9. The molecule has 2 aliphatic heterocycles. The molecule has 2 aliphatic rings. The second-order valence-corrected chi connectivity index (χ2v) is 8.91. The van der Waals surface area contributed by atoms with Gasteiger partial charge in [0.05, 0.1) is 21.8 Å². The molecule has 1 atom stereocenters. The molecule has 0 radical (unpaired) electrons. The highest BCUT2D eigenvalue weighted by Gasteiger charge is 2.28. The van der Waals surface area contributed by atoms with Gasteiger partial charge in [-0.25, -0.2) is 4.98 Å². The number of piperidine rings is 1. The number of hydrogen-bond acceptors (Lipinski definition) is 4. The van der Waals surface area contributed by atoms with E-state index in [1.807, 2.05) is 6.07 Å². The van der Waals surface area contributed by atoms with Gasteiger partial charge in [0, 0.05) is 31.2 Å². The largest absolute Gasteiger partial charge is 0.362 e. The lowest BCUT2D eigenvalue weighted by Crippen LogP contribution is -2.45. The third kappa shape index (κ3) is 3.39. The highest BCUT2D eigenvalue weighted by Crippen LogP contribution is 2.33. The summed E-state index contributed by atoms with van der Waals surface area (Å²) in [5, 5.41) is 1.18. The first-order valence-corrected chi connectivity index (χ1v) is 11.1. The number of aryl methyl sites for hydroxylation is 1. The number of carbonyl (C=O) groups is 1. The first-order valence-electron chi connectivity index (χ1n) is 10.2. The third-order valence-corrected chi connectivity index (χ3v) is 7.17. The first-order chi connectivity index (χ1) is 13.8. The van der Waals surface area contributed by atoms with Crippen molar-refractivity contribution in [3.63, 3.8) is 0 Å². The van der Waals surface area contributed by atoms with Gasteiger partial charge in [-0.15, -0.1) is 11.3 Å². The normalized spacial score (nSPS) is 19.6. The number of rotatable bonds is 3. The average molecular weight is 392 g/mol. The van der Waals surface area contributed by atoms with Gasteiger partial charge in [-0.3, -0.25) is 4.79 Å². The highest BCUT2D eigenvalue weighted by molar-refractivity contribution is 7.18. The van der Waals surface area contributed by atoms with Crippen molar-refractivity contribution in [3.8, 4) is 0 Å². The zero-order valence-electron chi connectivity index (χ0n) is 16.0. The van der Waals surface area contributed by atoms with Crippen LogP contribution in [-0.2, 0) is 11.2 Å². The molecule has 4 nitrogen and oxygen atoms in total. The van der Waals surface area contributed by atoms with Crippen LogP contribution in [0, 0.1) is 0 Å². The fourth-order valence-electron chi connectivity index (χ4n) is 4.51. The molecule has 3 aromatic rings. The first kappa shape index (κ1) is 17.7. The van der Waals surface area contributed by atoms with Crippen LogP contribution < -0.4 is 4.90 Å². The maximum absolute atomic E-state index is 13.1. The topological polar surface area (TPSA) is 36.4 Å². The van der Waals surface area contributed by atoms with Gasteiger partial charge >= 0.3 is 0 Å². The van der Waals surface area contributed by atoms with Crippen LogP contribution in [0.2, 0.25) is 0 Å². The van der Waals surface area contributed by atoms with Gasteiger partial charge in [0.15, 0.2) is 0 Å². The van der Waals surface area contributed by atoms with Crippen molar-refractivity contribution in [2.75, 3.05) is 31.1 Å². The molecule has 1 aromatic heterocycles. The number of fused-ring (bicyclic) bond motifs is 2. The summed E-state index contributed by atoms with van der Waals surface area (Å²) in [4.78, 5) is 22.3. The Hall–Kier alpha value is -2.40. The Labute approximate surface area is 169 Å². The summed E-state index contributed by atoms with van der Waals surface area (Å²) < 4.78 is 1.24. The van der Waals surface area contributed by atoms with Crippen molar-refractivity contribution in [1.29, 1.82) is 0 Å². The zero-order valence-corrected chi connectivity index (χ0v) is 16.8. The van der Waals surface area contributed by atoms with E-state index in [9.17, 15) is 4.79 Å². The molecular formula is C23H25N3OS. The average Bonchev–Trinajstić information content (AvgIpc) is 3.18. The molecule has 28 heavy (non-hydrogen) atoms. The van der Waals surface area contributed by atoms with E-state index < -0.39 is 0 Å². The lowest BCUT2D eigenvalue weighted by atomic mass is 9.98. The number of benzene rings is 2. The number of hydrogen-bond donors (Lipinski definition) is 0. The van der Waals surface area contributed by atoms with Crippen LogP contribution in [-0.4, -0.2) is 42.0 Å². The third-order valence-electron chi connectivity index (χ3n) is 5.97. The number of para-hydroxylation sites is 2. The summed E-state index contributed by atoms with van der Waals surface area (Å²) in [6.45, 7) is 3.13. The lowest BCUT2D eigenvalue weighted by molar-refractivity contribution is -0.130. The predicted molar refractivity (Wildman–Crippen MR) is 115 cm³/mol. The summed E-state index contributed by atoms with van der Waals surface area (Å²) in [7, 11) is 0. The minimum Gasteiger partial charge on any atom is -0.362 e. The highest BCUT2D eigenvalue weighted by atomic mass is 32.1. The molecule has 0 aliphatic carbocycles. The number of thiazole rings is 1. The molecule has 1 unspecified atom stereocenters. The molecule has 3 heterocycles. The van der Waals surface area contributed by atoms with Gasteiger partial charge in [0.2, 0.25) is 5.91 Å². The van der Waals surface area contributed by atoms with Gasteiger partial charge in [-0.1, -0.05) is 30.3 Å². The molecule has 5 heteroatoms. The Bertz CT molecular complexity index is 965. The van der Waals surface area contributed by atoms with Crippen LogP contribution in [0.3, 0.4) is 0 Å². The fourth-order valence-corrected chi connectivity index (χ4v) is 5.60. The Morgan fingerprint density at radius 3 is 2.86 bits per heavy atom. The van der Waals surface area contributed by atoms with Crippen molar-refractivity contribution in [2.24, 2.45) is 0 Å². The van der Waals surface area contributed by atoms with E-state index in [2.05, 4.69) is 52.3 Å². The van der Waals surface area contributed by atoms with Gasteiger partial charge in [-0.05, 0) is 49.4 Å². The Balaban J connectivity index is 1.29. The van der Waals surface area contributed by atoms with Crippen molar-refractivity contribution in [3.05, 3.63) is 59.1 Å². The second kappa shape index (κ2) is 7.55. The van der Waals surface area contributed by atoms with Gasteiger partial charge < -0.3 is 9.80 Å². The van der Waals surface area contributed by atoms with E-state index in [1.54, 1.807) is 11.3 Å². The van der Waals surface area contributed by atoms with Crippen molar-refractivity contribution in [1.82, 2.24) is 9.88 Å². The minimum absolute atomic E-state index is 0.252. The number of carbonyl (C=O) groups excluding carboxylic acids is 1. The SMILES string of the molecule is O=C(CN1CCCc2ccccc21)N1CCCC(c2nc3ccccc3s2)C1. The minimum atomic E-state index is 0.252. The van der Waals surface area contributed by atoms with E-state index in [1.165, 1.54) is 21.0 Å². The van der Waals surface area contributed by atoms with E-state index in [4.69, 9.17) is 4.98 Å². The Morgan fingerprint density at radius 2 is 1.93 bits per heavy atom. The molecular weight excluding hydrogens is 366 g/mol. The molecule has 144 valence electrons. The van der Waals surface area contributed by atoms with Gasteiger partial charge in [0.25, 0.3) is 0 Å². The van der Waals surface area contributed by atoms with Crippen molar-refractivity contribution in [2.45, 2.75) is 31.6 Å². The summed E-state index contributed by atoms with van der Waals surface area (Å²) in [5.74, 6) is 0.617. The summed E-state index contributed by atoms with van der Waals surface area (Å²) in [5.41, 5.74) is 3.69. The Morgan fingerprint density at radius 1 is 1.07 bits per heavy atom. The predicted octanol–water partition coefficient (Wildman–Crippen LogP) is 4.46. The van der Waals surface area contributed by atoms with Crippen LogP contribution in [0.25, 0.3) is 10.2 Å². The van der Waals surface area contributed by atoms with E-state index >= 15 is 0 Å². The second-order valence-electron chi connectivity index (χ2n) is 7.85. The van der Waals surface area contributed by atoms with Crippen molar-refractivity contribution < 1.29 is 4.79 Å². The standard InChI is InChI=1S/C23H25N3OS/c27-22(16-25-13-5-8-17-7-1-3-11-20(17)25)26-14-6-9-18(15-26)23-24-19-10-2-4-12-21(19)28-23/h1-4,7,10-12,18H,5-6,8-9,13-16H2. The molecule has 0 saturated carbocycles. The summed E-state index contributed by atoms with van der Waals surface area (Å²) in [6.07, 6.45) is 4.42. The fraction of sp³-hybridized carbons (Fsp3) is 0.391. The van der Waals surface area contributed by atoms with Crippen LogP contribution in [0.1, 0.15) is 35.8 Å². The summed E-state index contributed by atoms with van der Waals surface area (Å²) >= 11 is 1.78. The van der Waals surface area contributed by atoms with Gasteiger partial charge in [0.1, 0.15) is 0 Å². The van der Waals surface area contributed by atoms with E-state index in [0.717, 1.165) is 50.8 Å². The molecule has 0 spiro atoms. The maximum atomic E-state index is 13.1. The monoisotopic (exact) mass is 391 g/mol. The summed E-state index contributed by atoms with van der Waals surface area (Å²) in [6, 6.07) is 16.8. The molecule has 0 N–H and O–H groups in total. The van der Waals surface area contributed by atoms with Crippen molar-refractivity contribution >= 4 is 33.1 Å². The van der Waals surface area contributed by atoms with E-state index in [0.29, 0.717) is 12.5 Å². The lowest BCUT2D eigenvalue weighted by Gasteiger charge is -2.36. The maximum Gasteiger partial charge on any atom is 0.242 e. The molecule has 2 aromatic carbocycles. The number of nitrogens with zero attached hydrogens (tertiary/aromatic N) is 3. The molecule has 1 saturated heterocycles. The number of aromatic nitrogens is 1. The van der Waals surface area contributed by atoms with Crippen LogP contribution in [0.15, 0.2) is 48.5 Å². The van der Waals surface area contributed by atoms with Crippen LogP contribution in [0.5, 0.6) is 0 Å². The number of amides is 1. The molecule has 1 fully saturated rings. The number of anilines is 1. The smallest absolute Gasteiger partial charge is 0.242 e. The quantitative estimate of drug-likeness (QED) is 0.662. The number of likely N-dealkylation sites (tertiary alicyclic amines) is 1. The van der Waals surface area contributed by atoms with Gasteiger partial charge in [-0.2, -0.15) is 0 Å². The van der Waals surface area contributed by atoms with Crippen LogP contribution >= 0.6 is 11.3 Å².